The predicted molar refractivity (Wildman–Crippen MR) is 109 cm³/mol. The predicted octanol–water partition coefficient (Wildman–Crippen LogP) is 2.36. The molecule has 2 saturated heterocycles. The van der Waals surface area contributed by atoms with Gasteiger partial charge in [0.15, 0.2) is 9.84 Å². The number of methoxy groups -OCH3 is 1. The summed E-state index contributed by atoms with van der Waals surface area (Å²) >= 11 is 5.96. The van der Waals surface area contributed by atoms with Crippen molar-refractivity contribution in [2.75, 3.05) is 30.1 Å². The molecule has 2 atom stereocenters. The first-order valence-electron chi connectivity index (χ1n) is 9.01. The standard InChI is InChI=1S/C20H21ClN2O4S/c1-27-17-8-2-14(3-9-17)10-22-11-20(24)23(16-6-4-15(21)5-7-16)19-13-28(25,26)12-18(19)22/h2-9,18-19H,10-13H2,1H3. The van der Waals surface area contributed by atoms with Crippen LogP contribution in [0.2, 0.25) is 5.02 Å². The average molecular weight is 421 g/mol. The van der Waals surface area contributed by atoms with Gasteiger partial charge in [-0.1, -0.05) is 23.7 Å². The monoisotopic (exact) mass is 420 g/mol. The fourth-order valence-electron chi connectivity index (χ4n) is 4.03. The lowest BCUT2D eigenvalue weighted by atomic mass is 10.0. The molecule has 2 unspecified atom stereocenters. The van der Waals surface area contributed by atoms with E-state index >= 15 is 0 Å². The highest BCUT2D eigenvalue weighted by molar-refractivity contribution is 7.91. The molecule has 2 aliphatic heterocycles. The Bertz CT molecular complexity index is 976. The second-order valence-corrected chi connectivity index (χ2v) is 9.80. The number of anilines is 1. The van der Waals surface area contributed by atoms with Crippen molar-refractivity contribution >= 4 is 33.0 Å². The van der Waals surface area contributed by atoms with E-state index in [1.54, 1.807) is 36.3 Å². The van der Waals surface area contributed by atoms with Crippen molar-refractivity contribution in [3.63, 3.8) is 0 Å². The Labute approximate surface area is 169 Å². The Balaban J connectivity index is 1.63. The van der Waals surface area contributed by atoms with Crippen LogP contribution in [0.25, 0.3) is 0 Å². The highest BCUT2D eigenvalue weighted by Crippen LogP contribution is 2.33. The van der Waals surface area contributed by atoms with Crippen LogP contribution < -0.4 is 9.64 Å². The minimum atomic E-state index is -3.22. The number of sulfone groups is 1. The molecule has 2 aliphatic rings. The van der Waals surface area contributed by atoms with Crippen LogP contribution in [-0.2, 0) is 21.2 Å². The fourth-order valence-corrected chi connectivity index (χ4v) is 6.14. The molecule has 2 aromatic carbocycles. The largest absolute Gasteiger partial charge is 0.497 e. The molecule has 0 aliphatic carbocycles. The number of hydrogen-bond acceptors (Lipinski definition) is 5. The molecule has 0 N–H and O–H groups in total. The zero-order valence-corrected chi connectivity index (χ0v) is 17.0. The molecule has 2 aromatic rings. The van der Waals surface area contributed by atoms with E-state index in [1.165, 1.54) is 0 Å². The third kappa shape index (κ3) is 3.74. The van der Waals surface area contributed by atoms with E-state index in [9.17, 15) is 13.2 Å². The van der Waals surface area contributed by atoms with Crippen LogP contribution in [0.3, 0.4) is 0 Å². The number of piperazine rings is 1. The zero-order chi connectivity index (χ0) is 19.9. The van der Waals surface area contributed by atoms with Gasteiger partial charge in [-0.2, -0.15) is 0 Å². The molecular formula is C20H21ClN2O4S. The number of carbonyl (C=O) groups excluding carboxylic acids is 1. The van der Waals surface area contributed by atoms with Gasteiger partial charge in [0.1, 0.15) is 5.75 Å². The number of hydrogen-bond donors (Lipinski definition) is 0. The van der Waals surface area contributed by atoms with Crippen LogP contribution in [0.1, 0.15) is 5.56 Å². The second kappa shape index (κ2) is 7.39. The van der Waals surface area contributed by atoms with Gasteiger partial charge in [0.05, 0.1) is 31.2 Å². The number of halogens is 1. The van der Waals surface area contributed by atoms with Crippen molar-refractivity contribution in [1.82, 2.24) is 4.90 Å². The maximum Gasteiger partial charge on any atom is 0.241 e. The van der Waals surface area contributed by atoms with E-state index in [-0.39, 0.29) is 30.0 Å². The molecule has 4 rings (SSSR count). The van der Waals surface area contributed by atoms with Crippen LogP contribution in [0, 0.1) is 0 Å². The Morgan fingerprint density at radius 2 is 1.68 bits per heavy atom. The molecule has 148 valence electrons. The Morgan fingerprint density at radius 1 is 1.04 bits per heavy atom. The van der Waals surface area contributed by atoms with E-state index in [0.717, 1.165) is 11.3 Å². The van der Waals surface area contributed by atoms with Crippen molar-refractivity contribution in [3.8, 4) is 5.75 Å². The molecule has 2 heterocycles. The van der Waals surface area contributed by atoms with Gasteiger partial charge in [0, 0.05) is 23.3 Å². The number of fused-ring (bicyclic) bond motifs is 1. The number of nitrogens with zero attached hydrogens (tertiary/aromatic N) is 2. The zero-order valence-electron chi connectivity index (χ0n) is 15.4. The maximum atomic E-state index is 13.0. The number of amides is 1. The van der Waals surface area contributed by atoms with Crippen molar-refractivity contribution < 1.29 is 17.9 Å². The van der Waals surface area contributed by atoms with Gasteiger partial charge in [-0.15, -0.1) is 0 Å². The van der Waals surface area contributed by atoms with Crippen LogP contribution >= 0.6 is 11.6 Å². The summed E-state index contributed by atoms with van der Waals surface area (Å²) in [6.07, 6.45) is 0. The smallest absolute Gasteiger partial charge is 0.241 e. The first-order valence-corrected chi connectivity index (χ1v) is 11.2. The molecule has 0 aromatic heterocycles. The second-order valence-electron chi connectivity index (χ2n) is 7.20. The number of carbonyl (C=O) groups is 1. The van der Waals surface area contributed by atoms with Crippen LogP contribution in [0.15, 0.2) is 48.5 Å². The SMILES string of the molecule is COc1ccc(CN2CC(=O)N(c3ccc(Cl)cc3)C3CS(=O)(=O)CC32)cc1. The lowest BCUT2D eigenvalue weighted by molar-refractivity contribution is -0.123. The molecule has 0 radical (unpaired) electrons. The summed E-state index contributed by atoms with van der Waals surface area (Å²) in [5, 5.41) is 0.574. The van der Waals surface area contributed by atoms with Gasteiger partial charge < -0.3 is 9.64 Å². The Morgan fingerprint density at radius 3 is 2.32 bits per heavy atom. The van der Waals surface area contributed by atoms with Crippen molar-refractivity contribution in [3.05, 3.63) is 59.1 Å². The summed E-state index contributed by atoms with van der Waals surface area (Å²) in [6, 6.07) is 13.9. The fraction of sp³-hybridized carbons (Fsp3) is 0.350. The molecular weight excluding hydrogens is 400 g/mol. The van der Waals surface area contributed by atoms with Crippen LogP contribution in [-0.4, -0.2) is 56.5 Å². The summed E-state index contributed by atoms with van der Waals surface area (Å²) in [7, 11) is -1.61. The van der Waals surface area contributed by atoms with Crippen molar-refractivity contribution in [2.45, 2.75) is 18.6 Å². The van der Waals surface area contributed by atoms with Crippen molar-refractivity contribution in [1.29, 1.82) is 0 Å². The maximum absolute atomic E-state index is 13.0. The minimum absolute atomic E-state index is 0.0227. The molecule has 0 spiro atoms. The van der Waals surface area contributed by atoms with Gasteiger partial charge in [0.2, 0.25) is 5.91 Å². The van der Waals surface area contributed by atoms with Gasteiger partial charge in [0.25, 0.3) is 0 Å². The summed E-state index contributed by atoms with van der Waals surface area (Å²) in [5.74, 6) is 0.693. The summed E-state index contributed by atoms with van der Waals surface area (Å²) in [6.45, 7) is 0.687. The van der Waals surface area contributed by atoms with Gasteiger partial charge in [-0.3, -0.25) is 9.69 Å². The molecule has 2 fully saturated rings. The third-order valence-corrected chi connectivity index (χ3v) is 7.30. The molecule has 28 heavy (non-hydrogen) atoms. The van der Waals surface area contributed by atoms with Gasteiger partial charge >= 0.3 is 0 Å². The molecule has 0 bridgehead atoms. The van der Waals surface area contributed by atoms with Gasteiger partial charge in [-0.25, -0.2) is 8.42 Å². The van der Waals surface area contributed by atoms with Gasteiger partial charge in [-0.05, 0) is 42.0 Å². The number of benzene rings is 2. The first kappa shape index (κ1) is 19.2. The Hall–Kier alpha value is -2.09. The first-order chi connectivity index (χ1) is 13.4. The number of ether oxygens (including phenoxy) is 1. The molecule has 0 saturated carbocycles. The van der Waals surface area contributed by atoms with E-state index in [2.05, 4.69) is 0 Å². The minimum Gasteiger partial charge on any atom is -0.497 e. The topological polar surface area (TPSA) is 66.9 Å². The average Bonchev–Trinajstić information content (AvgIpc) is 2.99. The van der Waals surface area contributed by atoms with E-state index in [0.29, 0.717) is 17.3 Å². The molecule has 1 amide bonds. The van der Waals surface area contributed by atoms with Crippen LogP contribution in [0.5, 0.6) is 5.75 Å². The molecule has 6 nitrogen and oxygen atoms in total. The highest BCUT2D eigenvalue weighted by Gasteiger charge is 2.49. The Kier molecular flexibility index (Phi) is 5.07. The quantitative estimate of drug-likeness (QED) is 0.759. The van der Waals surface area contributed by atoms with Crippen molar-refractivity contribution in [2.24, 2.45) is 0 Å². The lowest BCUT2D eigenvalue weighted by Crippen LogP contribution is -2.61. The van der Waals surface area contributed by atoms with E-state index < -0.39 is 15.9 Å². The number of rotatable bonds is 4. The molecule has 8 heteroatoms. The van der Waals surface area contributed by atoms with E-state index in [1.807, 2.05) is 29.2 Å². The summed E-state index contributed by atoms with van der Waals surface area (Å²) in [5.41, 5.74) is 1.70. The van der Waals surface area contributed by atoms with E-state index in [4.69, 9.17) is 16.3 Å². The third-order valence-electron chi connectivity index (χ3n) is 5.35. The summed E-state index contributed by atoms with van der Waals surface area (Å²) < 4.78 is 30.0. The highest BCUT2D eigenvalue weighted by atomic mass is 35.5. The van der Waals surface area contributed by atoms with Crippen LogP contribution in [0.4, 0.5) is 5.69 Å². The lowest BCUT2D eigenvalue weighted by Gasteiger charge is -2.43. The summed E-state index contributed by atoms with van der Waals surface area (Å²) in [4.78, 5) is 16.6. The normalized spacial score (nSPS) is 24.2.